The van der Waals surface area contributed by atoms with Crippen LogP contribution in [0.15, 0.2) is 36.5 Å². The first-order chi connectivity index (χ1) is 9.61. The summed E-state index contributed by atoms with van der Waals surface area (Å²) in [5.74, 6) is 0.140. The number of nitrogens with zero attached hydrogens (tertiary/aromatic N) is 1. The Hall–Kier alpha value is -2.36. The Bertz CT molecular complexity index is 624. The molecule has 0 aliphatic rings. The second-order valence-electron chi connectivity index (χ2n) is 4.54. The first kappa shape index (κ1) is 14.1. The fourth-order valence-electron chi connectivity index (χ4n) is 1.83. The summed E-state index contributed by atoms with van der Waals surface area (Å²) in [5, 5.41) is 2.87. The van der Waals surface area contributed by atoms with Gasteiger partial charge in [0.2, 0.25) is 5.88 Å². The second-order valence-corrected chi connectivity index (χ2v) is 4.54. The molecule has 1 amide bonds. The van der Waals surface area contributed by atoms with Crippen LogP contribution < -0.4 is 10.1 Å². The van der Waals surface area contributed by atoms with Gasteiger partial charge in [-0.05, 0) is 56.2 Å². The van der Waals surface area contributed by atoms with Gasteiger partial charge in [0.1, 0.15) is 5.56 Å². The highest BCUT2D eigenvalue weighted by molar-refractivity contribution is 6.05. The van der Waals surface area contributed by atoms with Crippen molar-refractivity contribution in [2.75, 3.05) is 11.9 Å². The minimum absolute atomic E-state index is 0.218. The molecule has 0 bridgehead atoms. The summed E-state index contributed by atoms with van der Waals surface area (Å²) in [4.78, 5) is 16.4. The molecular weight excluding hydrogens is 252 g/mol. The molecule has 1 heterocycles. The molecule has 2 rings (SSSR count). The van der Waals surface area contributed by atoms with E-state index in [1.807, 2.05) is 39.0 Å². The molecule has 20 heavy (non-hydrogen) atoms. The van der Waals surface area contributed by atoms with Gasteiger partial charge in [0.25, 0.3) is 5.91 Å². The molecule has 4 nitrogen and oxygen atoms in total. The van der Waals surface area contributed by atoms with Crippen molar-refractivity contribution in [2.24, 2.45) is 0 Å². The largest absolute Gasteiger partial charge is 0.477 e. The summed E-state index contributed by atoms with van der Waals surface area (Å²) in [7, 11) is 0. The van der Waals surface area contributed by atoms with Gasteiger partial charge < -0.3 is 10.1 Å². The SMILES string of the molecule is CCOc1ncccc1C(=O)Nc1ccc(C)c(C)c1. The van der Waals surface area contributed by atoms with Gasteiger partial charge in [0.05, 0.1) is 6.61 Å². The predicted molar refractivity (Wildman–Crippen MR) is 79.3 cm³/mol. The van der Waals surface area contributed by atoms with E-state index in [-0.39, 0.29) is 5.91 Å². The molecule has 0 radical (unpaired) electrons. The zero-order chi connectivity index (χ0) is 14.5. The molecular formula is C16H18N2O2. The van der Waals surface area contributed by atoms with E-state index in [0.29, 0.717) is 18.1 Å². The Kier molecular flexibility index (Phi) is 4.35. The summed E-state index contributed by atoms with van der Waals surface area (Å²) >= 11 is 0. The first-order valence-electron chi connectivity index (χ1n) is 6.58. The fourth-order valence-corrected chi connectivity index (χ4v) is 1.83. The monoisotopic (exact) mass is 270 g/mol. The maximum absolute atomic E-state index is 12.3. The Labute approximate surface area is 118 Å². The molecule has 0 atom stereocenters. The van der Waals surface area contributed by atoms with Crippen molar-refractivity contribution in [3.05, 3.63) is 53.2 Å². The summed E-state index contributed by atoms with van der Waals surface area (Å²) in [6.07, 6.45) is 1.61. The molecule has 0 aliphatic carbocycles. The number of anilines is 1. The van der Waals surface area contributed by atoms with E-state index < -0.39 is 0 Å². The first-order valence-corrected chi connectivity index (χ1v) is 6.58. The third-order valence-corrected chi connectivity index (χ3v) is 3.06. The summed E-state index contributed by atoms with van der Waals surface area (Å²) in [5.41, 5.74) is 3.54. The number of carbonyl (C=O) groups excluding carboxylic acids is 1. The molecule has 0 spiro atoms. The van der Waals surface area contributed by atoms with Crippen molar-refractivity contribution in [3.8, 4) is 5.88 Å². The van der Waals surface area contributed by atoms with Gasteiger partial charge in [-0.15, -0.1) is 0 Å². The Morgan fingerprint density at radius 2 is 2.05 bits per heavy atom. The lowest BCUT2D eigenvalue weighted by atomic mass is 10.1. The molecule has 2 aromatic rings. The van der Waals surface area contributed by atoms with Gasteiger partial charge >= 0.3 is 0 Å². The van der Waals surface area contributed by atoms with E-state index in [9.17, 15) is 4.79 Å². The number of ether oxygens (including phenoxy) is 1. The number of benzene rings is 1. The number of rotatable bonds is 4. The van der Waals surface area contributed by atoms with Crippen LogP contribution in [0.1, 0.15) is 28.4 Å². The number of carbonyl (C=O) groups is 1. The Morgan fingerprint density at radius 3 is 2.75 bits per heavy atom. The topological polar surface area (TPSA) is 51.2 Å². The van der Waals surface area contributed by atoms with Crippen LogP contribution in [0.3, 0.4) is 0 Å². The highest BCUT2D eigenvalue weighted by atomic mass is 16.5. The molecule has 0 aliphatic heterocycles. The minimum atomic E-state index is -0.218. The van der Waals surface area contributed by atoms with E-state index in [0.717, 1.165) is 11.3 Å². The zero-order valence-corrected chi connectivity index (χ0v) is 11.9. The minimum Gasteiger partial charge on any atom is -0.477 e. The van der Waals surface area contributed by atoms with E-state index >= 15 is 0 Å². The van der Waals surface area contributed by atoms with Gasteiger partial charge in [-0.2, -0.15) is 0 Å². The van der Waals surface area contributed by atoms with Crippen molar-refractivity contribution in [1.82, 2.24) is 4.98 Å². The van der Waals surface area contributed by atoms with Crippen LogP contribution in [-0.2, 0) is 0 Å². The van der Waals surface area contributed by atoms with Gasteiger partial charge in [0.15, 0.2) is 0 Å². The van der Waals surface area contributed by atoms with E-state index in [2.05, 4.69) is 10.3 Å². The lowest BCUT2D eigenvalue weighted by Gasteiger charge is -2.10. The third kappa shape index (κ3) is 3.15. The van der Waals surface area contributed by atoms with Gasteiger partial charge in [-0.1, -0.05) is 6.07 Å². The van der Waals surface area contributed by atoms with Crippen molar-refractivity contribution >= 4 is 11.6 Å². The summed E-state index contributed by atoms with van der Waals surface area (Å²) in [6, 6.07) is 9.24. The lowest BCUT2D eigenvalue weighted by molar-refractivity contribution is 0.102. The average Bonchev–Trinajstić information content (AvgIpc) is 2.44. The highest BCUT2D eigenvalue weighted by Gasteiger charge is 2.13. The summed E-state index contributed by atoms with van der Waals surface area (Å²) in [6.45, 7) is 6.39. The van der Waals surface area contributed by atoms with E-state index in [1.54, 1.807) is 18.3 Å². The van der Waals surface area contributed by atoms with Crippen LogP contribution in [0, 0.1) is 13.8 Å². The van der Waals surface area contributed by atoms with Gasteiger partial charge in [-0.25, -0.2) is 4.98 Å². The normalized spacial score (nSPS) is 10.2. The number of aromatic nitrogens is 1. The van der Waals surface area contributed by atoms with Crippen LogP contribution in [0.4, 0.5) is 5.69 Å². The molecule has 104 valence electrons. The van der Waals surface area contributed by atoms with Crippen molar-refractivity contribution in [1.29, 1.82) is 0 Å². The lowest BCUT2D eigenvalue weighted by Crippen LogP contribution is -2.14. The van der Waals surface area contributed by atoms with Crippen LogP contribution in [0.5, 0.6) is 5.88 Å². The number of hydrogen-bond donors (Lipinski definition) is 1. The quantitative estimate of drug-likeness (QED) is 0.927. The second kappa shape index (κ2) is 6.19. The Balaban J connectivity index is 2.21. The van der Waals surface area contributed by atoms with Crippen LogP contribution >= 0.6 is 0 Å². The predicted octanol–water partition coefficient (Wildman–Crippen LogP) is 3.35. The third-order valence-electron chi connectivity index (χ3n) is 3.06. The molecule has 0 fully saturated rings. The molecule has 4 heteroatoms. The molecule has 1 aromatic heterocycles. The molecule has 0 saturated carbocycles. The maximum atomic E-state index is 12.3. The number of aryl methyl sites for hydroxylation is 2. The standard InChI is InChI=1S/C16H18N2O2/c1-4-20-16-14(6-5-9-17-16)15(19)18-13-8-7-11(2)12(3)10-13/h5-10H,4H2,1-3H3,(H,18,19). The fraction of sp³-hybridized carbons (Fsp3) is 0.250. The molecule has 1 aromatic carbocycles. The van der Waals surface area contributed by atoms with E-state index in [4.69, 9.17) is 4.74 Å². The smallest absolute Gasteiger partial charge is 0.261 e. The van der Waals surface area contributed by atoms with Crippen LogP contribution in [0.2, 0.25) is 0 Å². The number of pyridine rings is 1. The van der Waals surface area contributed by atoms with Gasteiger partial charge in [0, 0.05) is 11.9 Å². The molecule has 0 unspecified atom stereocenters. The van der Waals surface area contributed by atoms with Crippen molar-refractivity contribution < 1.29 is 9.53 Å². The number of hydrogen-bond acceptors (Lipinski definition) is 3. The maximum Gasteiger partial charge on any atom is 0.261 e. The Morgan fingerprint density at radius 1 is 1.25 bits per heavy atom. The van der Waals surface area contributed by atoms with Gasteiger partial charge in [-0.3, -0.25) is 4.79 Å². The van der Waals surface area contributed by atoms with Crippen LogP contribution in [-0.4, -0.2) is 17.5 Å². The number of nitrogens with one attached hydrogen (secondary N) is 1. The van der Waals surface area contributed by atoms with Crippen molar-refractivity contribution in [3.63, 3.8) is 0 Å². The molecule has 1 N–H and O–H groups in total. The molecule has 0 saturated heterocycles. The highest BCUT2D eigenvalue weighted by Crippen LogP contribution is 2.18. The van der Waals surface area contributed by atoms with E-state index in [1.165, 1.54) is 5.56 Å². The van der Waals surface area contributed by atoms with Crippen molar-refractivity contribution in [2.45, 2.75) is 20.8 Å². The number of amides is 1. The van der Waals surface area contributed by atoms with Crippen LogP contribution in [0.25, 0.3) is 0 Å². The average molecular weight is 270 g/mol. The summed E-state index contributed by atoms with van der Waals surface area (Å²) < 4.78 is 5.37. The zero-order valence-electron chi connectivity index (χ0n) is 11.9.